The fourth-order valence-electron chi connectivity index (χ4n) is 2.19. The fourth-order valence-corrected chi connectivity index (χ4v) is 2.19. The minimum Gasteiger partial charge on any atom is -0.463 e. The predicted octanol–water partition coefficient (Wildman–Crippen LogP) is 3.95. The van der Waals surface area contributed by atoms with Gasteiger partial charge in [-0.25, -0.2) is 9.18 Å². The Morgan fingerprint density at radius 2 is 1.81 bits per heavy atom. The predicted molar refractivity (Wildman–Crippen MR) is 93.1 cm³/mol. The summed E-state index contributed by atoms with van der Waals surface area (Å²) in [4.78, 5) is 33.9. The first-order valence-corrected chi connectivity index (χ1v) is 7.84. The molecule has 0 N–H and O–H groups in total. The lowest BCUT2D eigenvalue weighted by Crippen LogP contribution is -2.05. The number of esters is 1. The Balaban J connectivity index is 1.78. The maximum Gasteiger partial charge on any atom is 0.330 e. The van der Waals surface area contributed by atoms with E-state index < -0.39 is 16.7 Å². The number of Topliss-reactive ketones (excluding diaryl/α,β-unsaturated/α-hetero) is 1. The van der Waals surface area contributed by atoms with Crippen molar-refractivity contribution in [2.75, 3.05) is 6.61 Å². The smallest absolute Gasteiger partial charge is 0.330 e. The molecule has 0 radical (unpaired) electrons. The average Bonchev–Trinajstić information content (AvgIpc) is 2.64. The van der Waals surface area contributed by atoms with Gasteiger partial charge in [-0.2, -0.15) is 0 Å². The summed E-state index contributed by atoms with van der Waals surface area (Å²) < 4.78 is 17.8. The Kier molecular flexibility index (Phi) is 6.73. The Hall–Kier alpha value is -3.35. The van der Waals surface area contributed by atoms with Gasteiger partial charge in [0, 0.05) is 24.1 Å². The van der Waals surface area contributed by atoms with Crippen LogP contribution in [-0.2, 0) is 9.53 Å². The van der Waals surface area contributed by atoms with Crippen LogP contribution in [-0.4, -0.2) is 23.3 Å². The van der Waals surface area contributed by atoms with Gasteiger partial charge in [0.05, 0.1) is 17.1 Å². The summed E-state index contributed by atoms with van der Waals surface area (Å²) in [5, 5.41) is 10.9. The van der Waals surface area contributed by atoms with E-state index in [9.17, 15) is 24.1 Å². The summed E-state index contributed by atoms with van der Waals surface area (Å²) in [6, 6.07) is 11.2. The third-order valence-corrected chi connectivity index (χ3v) is 3.49. The van der Waals surface area contributed by atoms with Crippen molar-refractivity contribution in [2.24, 2.45) is 0 Å². The molecular formula is C19H16FNO5. The summed E-state index contributed by atoms with van der Waals surface area (Å²) in [6.45, 7) is 0.0347. The standard InChI is InChI=1S/C19H16FNO5/c20-16-10-7-15(8-11-16)18(22)6-3-13-26-19(23)12-9-14-4-1-2-5-17(14)21(24)25/h1-2,4-5,7-12H,3,6,13H2/b12-9+. The van der Waals surface area contributed by atoms with Gasteiger partial charge in [0.1, 0.15) is 5.82 Å². The van der Waals surface area contributed by atoms with E-state index in [0.29, 0.717) is 17.5 Å². The van der Waals surface area contributed by atoms with Gasteiger partial charge < -0.3 is 4.74 Å². The highest BCUT2D eigenvalue weighted by molar-refractivity contribution is 5.96. The van der Waals surface area contributed by atoms with Gasteiger partial charge in [0.25, 0.3) is 5.69 Å². The van der Waals surface area contributed by atoms with E-state index in [1.165, 1.54) is 48.5 Å². The Bertz CT molecular complexity index is 830. The Labute approximate surface area is 149 Å². The van der Waals surface area contributed by atoms with E-state index in [2.05, 4.69) is 0 Å². The molecular weight excluding hydrogens is 341 g/mol. The first kappa shape index (κ1) is 19.0. The summed E-state index contributed by atoms with van der Waals surface area (Å²) >= 11 is 0. The maximum atomic E-state index is 12.8. The zero-order valence-corrected chi connectivity index (χ0v) is 13.8. The van der Waals surface area contributed by atoms with Crippen molar-refractivity contribution in [3.8, 4) is 0 Å². The van der Waals surface area contributed by atoms with Crippen LogP contribution in [0.15, 0.2) is 54.6 Å². The molecule has 0 atom stereocenters. The number of carbonyl (C=O) groups excluding carboxylic acids is 2. The number of nitro groups is 1. The van der Waals surface area contributed by atoms with Crippen LogP contribution in [0.3, 0.4) is 0 Å². The third-order valence-electron chi connectivity index (χ3n) is 3.49. The number of hydrogen-bond acceptors (Lipinski definition) is 5. The molecule has 0 aromatic heterocycles. The van der Waals surface area contributed by atoms with E-state index in [1.807, 2.05) is 0 Å². The second-order valence-corrected chi connectivity index (χ2v) is 5.35. The molecule has 0 saturated carbocycles. The number of halogens is 1. The van der Waals surface area contributed by atoms with Crippen LogP contribution in [0.4, 0.5) is 10.1 Å². The van der Waals surface area contributed by atoms with E-state index in [1.54, 1.807) is 6.07 Å². The minimum atomic E-state index is -0.655. The molecule has 6 nitrogen and oxygen atoms in total. The van der Waals surface area contributed by atoms with Crippen molar-refractivity contribution in [3.63, 3.8) is 0 Å². The Morgan fingerprint density at radius 1 is 1.12 bits per heavy atom. The highest BCUT2D eigenvalue weighted by atomic mass is 19.1. The van der Waals surface area contributed by atoms with Crippen LogP contribution < -0.4 is 0 Å². The molecule has 0 unspecified atom stereocenters. The summed E-state index contributed by atoms with van der Waals surface area (Å²) in [5.41, 5.74) is 0.580. The maximum absolute atomic E-state index is 12.8. The highest BCUT2D eigenvalue weighted by Gasteiger charge is 2.10. The molecule has 2 aromatic carbocycles. The molecule has 2 aromatic rings. The zero-order valence-electron chi connectivity index (χ0n) is 13.8. The van der Waals surface area contributed by atoms with Crippen molar-refractivity contribution in [1.82, 2.24) is 0 Å². The van der Waals surface area contributed by atoms with Crippen LogP contribution in [0, 0.1) is 15.9 Å². The minimum absolute atomic E-state index is 0.0347. The molecule has 0 amide bonds. The van der Waals surface area contributed by atoms with E-state index in [-0.39, 0.29) is 24.5 Å². The molecule has 0 bridgehead atoms. The molecule has 0 spiro atoms. The first-order valence-electron chi connectivity index (χ1n) is 7.84. The molecule has 0 aliphatic rings. The van der Waals surface area contributed by atoms with Gasteiger partial charge >= 0.3 is 5.97 Å². The van der Waals surface area contributed by atoms with Crippen LogP contribution in [0.2, 0.25) is 0 Å². The van der Waals surface area contributed by atoms with Crippen molar-refractivity contribution in [2.45, 2.75) is 12.8 Å². The lowest BCUT2D eigenvalue weighted by Gasteiger charge is -2.03. The number of hydrogen-bond donors (Lipinski definition) is 0. The molecule has 0 fully saturated rings. The first-order chi connectivity index (χ1) is 12.5. The highest BCUT2D eigenvalue weighted by Crippen LogP contribution is 2.18. The molecule has 26 heavy (non-hydrogen) atoms. The van der Waals surface area contributed by atoms with Crippen molar-refractivity contribution in [1.29, 1.82) is 0 Å². The molecule has 0 aliphatic heterocycles. The Morgan fingerprint density at radius 3 is 2.50 bits per heavy atom. The van der Waals surface area contributed by atoms with Gasteiger partial charge in [0.15, 0.2) is 5.78 Å². The molecule has 134 valence electrons. The third kappa shape index (κ3) is 5.62. The second kappa shape index (κ2) is 9.22. The molecule has 0 heterocycles. The summed E-state index contributed by atoms with van der Waals surface area (Å²) in [7, 11) is 0. The van der Waals surface area contributed by atoms with E-state index in [4.69, 9.17) is 4.74 Å². The van der Waals surface area contributed by atoms with Gasteiger partial charge in [-0.1, -0.05) is 12.1 Å². The number of para-hydroxylation sites is 1. The summed E-state index contributed by atoms with van der Waals surface area (Å²) in [6.07, 6.45) is 2.89. The topological polar surface area (TPSA) is 86.5 Å². The number of benzene rings is 2. The lowest BCUT2D eigenvalue weighted by molar-refractivity contribution is -0.385. The van der Waals surface area contributed by atoms with Crippen LogP contribution in [0.1, 0.15) is 28.8 Å². The quantitative estimate of drug-likeness (QED) is 0.178. The normalized spacial score (nSPS) is 10.7. The number of nitrogens with zero attached hydrogens (tertiary/aromatic N) is 1. The van der Waals surface area contributed by atoms with Crippen molar-refractivity contribution in [3.05, 3.63) is 81.7 Å². The molecule has 2 rings (SSSR count). The second-order valence-electron chi connectivity index (χ2n) is 5.35. The van der Waals surface area contributed by atoms with Crippen molar-refractivity contribution >= 4 is 23.5 Å². The summed E-state index contributed by atoms with van der Waals surface area (Å²) in [5.74, 6) is -1.24. The van der Waals surface area contributed by atoms with Crippen LogP contribution in [0.25, 0.3) is 6.08 Å². The molecule has 0 saturated heterocycles. The largest absolute Gasteiger partial charge is 0.463 e. The number of nitro benzene ring substituents is 1. The number of carbonyl (C=O) groups is 2. The van der Waals surface area contributed by atoms with Crippen LogP contribution in [0.5, 0.6) is 0 Å². The van der Waals surface area contributed by atoms with Gasteiger partial charge in [-0.15, -0.1) is 0 Å². The van der Waals surface area contributed by atoms with Gasteiger partial charge in [0.2, 0.25) is 0 Å². The SMILES string of the molecule is O=C(/C=C/c1ccccc1[N+](=O)[O-])OCCCC(=O)c1ccc(F)cc1. The zero-order chi connectivity index (χ0) is 18.9. The average molecular weight is 357 g/mol. The van der Waals surface area contributed by atoms with E-state index in [0.717, 1.165) is 6.08 Å². The number of ether oxygens (including phenoxy) is 1. The van der Waals surface area contributed by atoms with E-state index >= 15 is 0 Å². The fraction of sp³-hybridized carbons (Fsp3) is 0.158. The number of ketones is 1. The molecule has 7 heteroatoms. The van der Waals surface area contributed by atoms with Crippen molar-refractivity contribution < 1.29 is 23.6 Å². The van der Waals surface area contributed by atoms with Gasteiger partial charge in [-0.05, 0) is 42.8 Å². The monoisotopic (exact) mass is 357 g/mol. The molecule has 0 aliphatic carbocycles. The van der Waals surface area contributed by atoms with Crippen LogP contribution >= 0.6 is 0 Å². The van der Waals surface area contributed by atoms with Gasteiger partial charge in [-0.3, -0.25) is 14.9 Å². The number of rotatable bonds is 8. The lowest BCUT2D eigenvalue weighted by atomic mass is 10.1.